The molecule has 1 aromatic heterocycles. The molecule has 1 heterocycles. The van der Waals surface area contributed by atoms with Crippen LogP contribution in [-0.4, -0.2) is 6.54 Å². The largest absolute Gasteiger partial charge is 0.309 e. The molecule has 0 amide bonds. The summed E-state index contributed by atoms with van der Waals surface area (Å²) in [4.78, 5) is 1.49. The van der Waals surface area contributed by atoms with Crippen molar-refractivity contribution in [2.24, 2.45) is 5.41 Å². The summed E-state index contributed by atoms with van der Waals surface area (Å²) in [5.41, 5.74) is 1.84. The van der Waals surface area contributed by atoms with E-state index in [1.165, 1.54) is 36.1 Å². The van der Waals surface area contributed by atoms with Gasteiger partial charge in [0, 0.05) is 17.5 Å². The van der Waals surface area contributed by atoms with Crippen molar-refractivity contribution in [3.8, 4) is 0 Å². The van der Waals surface area contributed by atoms with E-state index in [9.17, 15) is 0 Å². The highest BCUT2D eigenvalue weighted by Crippen LogP contribution is 2.38. The van der Waals surface area contributed by atoms with Crippen molar-refractivity contribution >= 4 is 22.9 Å². The highest BCUT2D eigenvalue weighted by molar-refractivity contribution is 7.16. The lowest BCUT2D eigenvalue weighted by Gasteiger charge is -2.29. The van der Waals surface area contributed by atoms with Crippen LogP contribution in [0.15, 0.2) is 6.07 Å². The maximum absolute atomic E-state index is 6.12. The Labute approximate surface area is 114 Å². The molecule has 3 heteroatoms. The molecule has 0 aromatic carbocycles. The second-order valence-electron chi connectivity index (χ2n) is 5.77. The van der Waals surface area contributed by atoms with Gasteiger partial charge in [-0.15, -0.1) is 11.3 Å². The summed E-state index contributed by atoms with van der Waals surface area (Å²) in [6.07, 6.45) is 4.96. The van der Waals surface area contributed by atoms with Gasteiger partial charge in [0.05, 0.1) is 4.34 Å². The SMILES string of the molecule is CCC(C)(C)CNC1CCCc2sc(Cl)cc21. The van der Waals surface area contributed by atoms with Gasteiger partial charge in [-0.25, -0.2) is 0 Å². The van der Waals surface area contributed by atoms with E-state index in [4.69, 9.17) is 11.6 Å². The molecular formula is C14H22ClNS. The van der Waals surface area contributed by atoms with Crippen molar-refractivity contribution in [3.05, 3.63) is 20.8 Å². The lowest BCUT2D eigenvalue weighted by Crippen LogP contribution is -2.33. The van der Waals surface area contributed by atoms with Crippen molar-refractivity contribution in [2.75, 3.05) is 6.54 Å². The number of thiophene rings is 1. The molecule has 1 unspecified atom stereocenters. The molecule has 0 bridgehead atoms. The number of halogens is 1. The van der Waals surface area contributed by atoms with Gasteiger partial charge in [-0.2, -0.15) is 0 Å². The van der Waals surface area contributed by atoms with Gasteiger partial charge in [0.15, 0.2) is 0 Å². The van der Waals surface area contributed by atoms with E-state index in [0.29, 0.717) is 11.5 Å². The molecule has 0 aliphatic heterocycles. The normalized spacial score (nSPS) is 20.4. The molecule has 0 fully saturated rings. The average Bonchev–Trinajstić information content (AvgIpc) is 2.67. The summed E-state index contributed by atoms with van der Waals surface area (Å²) in [5, 5.41) is 3.73. The van der Waals surface area contributed by atoms with E-state index in [-0.39, 0.29) is 0 Å². The average molecular weight is 272 g/mol. The summed E-state index contributed by atoms with van der Waals surface area (Å²) in [6.45, 7) is 7.99. The van der Waals surface area contributed by atoms with Crippen LogP contribution in [0.2, 0.25) is 4.34 Å². The first-order chi connectivity index (χ1) is 8.02. The van der Waals surface area contributed by atoms with Gasteiger partial charge in [0.1, 0.15) is 0 Å². The highest BCUT2D eigenvalue weighted by Gasteiger charge is 2.24. The van der Waals surface area contributed by atoms with Crippen molar-refractivity contribution in [3.63, 3.8) is 0 Å². The first kappa shape index (κ1) is 13.4. The van der Waals surface area contributed by atoms with Crippen molar-refractivity contribution < 1.29 is 0 Å². The Morgan fingerprint density at radius 2 is 2.29 bits per heavy atom. The van der Waals surface area contributed by atoms with Crippen LogP contribution in [0.25, 0.3) is 0 Å². The lowest BCUT2D eigenvalue weighted by atomic mass is 9.88. The number of aryl methyl sites for hydroxylation is 1. The Balaban J connectivity index is 2.03. The summed E-state index contributed by atoms with van der Waals surface area (Å²) in [6, 6.07) is 2.69. The lowest BCUT2D eigenvalue weighted by molar-refractivity contribution is 0.300. The summed E-state index contributed by atoms with van der Waals surface area (Å²) in [7, 11) is 0. The first-order valence-electron chi connectivity index (χ1n) is 6.53. The predicted octanol–water partition coefficient (Wildman–Crippen LogP) is 4.80. The molecule has 1 aliphatic rings. The Hall–Kier alpha value is -0.0500. The van der Waals surface area contributed by atoms with Crippen LogP contribution in [0.3, 0.4) is 0 Å². The molecule has 0 spiro atoms. The fraction of sp³-hybridized carbons (Fsp3) is 0.714. The Bertz CT molecular complexity index is 384. The van der Waals surface area contributed by atoms with E-state index >= 15 is 0 Å². The molecular weight excluding hydrogens is 250 g/mol. The Morgan fingerprint density at radius 1 is 1.53 bits per heavy atom. The molecule has 1 atom stereocenters. The van der Waals surface area contributed by atoms with Crippen LogP contribution in [-0.2, 0) is 6.42 Å². The minimum Gasteiger partial charge on any atom is -0.309 e. The summed E-state index contributed by atoms with van der Waals surface area (Å²) >= 11 is 7.88. The van der Waals surface area contributed by atoms with Crippen LogP contribution in [0.1, 0.15) is 56.5 Å². The van der Waals surface area contributed by atoms with E-state index in [1.807, 2.05) is 0 Å². The number of rotatable bonds is 4. The molecule has 0 saturated carbocycles. The summed E-state index contributed by atoms with van der Waals surface area (Å²) < 4.78 is 0.943. The van der Waals surface area contributed by atoms with Crippen LogP contribution < -0.4 is 5.32 Å². The zero-order valence-electron chi connectivity index (χ0n) is 11.0. The second kappa shape index (κ2) is 5.29. The number of hydrogen-bond donors (Lipinski definition) is 1. The van der Waals surface area contributed by atoms with Gasteiger partial charge >= 0.3 is 0 Å². The fourth-order valence-corrected chi connectivity index (χ4v) is 3.64. The maximum Gasteiger partial charge on any atom is 0.0934 e. The standard InChI is InChI=1S/C14H22ClNS/c1-4-14(2,3)9-16-11-6-5-7-12-10(11)8-13(15)17-12/h8,11,16H,4-7,9H2,1-3H3. The molecule has 2 rings (SSSR count). The van der Waals surface area contributed by atoms with Gasteiger partial charge in [-0.3, -0.25) is 0 Å². The Kier molecular flexibility index (Phi) is 4.17. The van der Waals surface area contributed by atoms with Crippen LogP contribution in [0, 0.1) is 5.41 Å². The molecule has 0 saturated heterocycles. The van der Waals surface area contributed by atoms with Crippen LogP contribution >= 0.6 is 22.9 Å². The molecule has 1 N–H and O–H groups in total. The van der Waals surface area contributed by atoms with Crippen molar-refractivity contribution in [1.82, 2.24) is 5.32 Å². The molecule has 1 aromatic rings. The number of fused-ring (bicyclic) bond motifs is 1. The van der Waals surface area contributed by atoms with Gasteiger partial charge in [0.2, 0.25) is 0 Å². The van der Waals surface area contributed by atoms with Crippen molar-refractivity contribution in [1.29, 1.82) is 0 Å². The third-order valence-electron chi connectivity index (χ3n) is 3.87. The zero-order chi connectivity index (χ0) is 12.5. The van der Waals surface area contributed by atoms with Gasteiger partial charge in [-0.1, -0.05) is 32.4 Å². The van der Waals surface area contributed by atoms with Gasteiger partial charge < -0.3 is 5.32 Å². The molecule has 96 valence electrons. The first-order valence-corrected chi connectivity index (χ1v) is 7.73. The zero-order valence-corrected chi connectivity index (χ0v) is 12.5. The third-order valence-corrected chi connectivity index (χ3v) is 5.21. The van der Waals surface area contributed by atoms with Gasteiger partial charge in [0.25, 0.3) is 0 Å². The minimum absolute atomic E-state index is 0.386. The minimum atomic E-state index is 0.386. The molecule has 1 aliphatic carbocycles. The van der Waals surface area contributed by atoms with E-state index in [0.717, 1.165) is 10.9 Å². The predicted molar refractivity (Wildman–Crippen MR) is 77.1 cm³/mol. The van der Waals surface area contributed by atoms with E-state index in [2.05, 4.69) is 32.2 Å². The van der Waals surface area contributed by atoms with Crippen LogP contribution in [0.5, 0.6) is 0 Å². The third kappa shape index (κ3) is 3.24. The van der Waals surface area contributed by atoms with Crippen molar-refractivity contribution in [2.45, 2.75) is 52.5 Å². The summed E-state index contributed by atoms with van der Waals surface area (Å²) in [5.74, 6) is 0. The monoisotopic (exact) mass is 271 g/mol. The van der Waals surface area contributed by atoms with E-state index in [1.54, 1.807) is 11.3 Å². The molecule has 1 nitrogen and oxygen atoms in total. The quantitative estimate of drug-likeness (QED) is 0.829. The smallest absolute Gasteiger partial charge is 0.0934 e. The number of hydrogen-bond acceptors (Lipinski definition) is 2. The topological polar surface area (TPSA) is 12.0 Å². The highest BCUT2D eigenvalue weighted by atomic mass is 35.5. The van der Waals surface area contributed by atoms with Crippen LogP contribution in [0.4, 0.5) is 0 Å². The maximum atomic E-state index is 6.12. The Morgan fingerprint density at radius 3 is 3.00 bits per heavy atom. The van der Waals surface area contributed by atoms with Gasteiger partial charge in [-0.05, 0) is 42.7 Å². The molecule has 17 heavy (non-hydrogen) atoms. The fourth-order valence-electron chi connectivity index (χ4n) is 2.26. The second-order valence-corrected chi connectivity index (χ2v) is 7.54. The number of nitrogens with one attached hydrogen (secondary N) is 1. The molecule has 0 radical (unpaired) electrons. The van der Waals surface area contributed by atoms with E-state index < -0.39 is 0 Å².